The molecule has 2 heterocycles. The Morgan fingerprint density at radius 1 is 1.22 bits per heavy atom. The monoisotopic (exact) mass is 450 g/mol. The second-order valence-electron chi connectivity index (χ2n) is 7.63. The summed E-state index contributed by atoms with van der Waals surface area (Å²) >= 11 is 6.31. The van der Waals surface area contributed by atoms with Crippen LogP contribution in [0.5, 0.6) is 0 Å². The molecule has 2 aromatic carbocycles. The topological polar surface area (TPSA) is 117 Å². The third-order valence-corrected chi connectivity index (χ3v) is 5.84. The first-order chi connectivity index (χ1) is 15.4. The van der Waals surface area contributed by atoms with Gasteiger partial charge in [0.15, 0.2) is 0 Å². The molecule has 4 rings (SSSR count). The summed E-state index contributed by atoms with van der Waals surface area (Å²) in [7, 11) is 0. The van der Waals surface area contributed by atoms with Crippen LogP contribution in [0.3, 0.4) is 0 Å². The van der Waals surface area contributed by atoms with Crippen molar-refractivity contribution in [2.75, 3.05) is 13.1 Å². The van der Waals surface area contributed by atoms with Crippen molar-refractivity contribution in [2.45, 2.75) is 19.4 Å². The quantitative estimate of drug-likeness (QED) is 0.443. The van der Waals surface area contributed by atoms with Gasteiger partial charge in [-0.2, -0.15) is 0 Å². The fourth-order valence-corrected chi connectivity index (χ4v) is 3.94. The molecule has 1 saturated heterocycles. The zero-order valence-corrected chi connectivity index (χ0v) is 18.3. The number of likely N-dealkylation sites (tertiary alicyclic amines) is 1. The van der Waals surface area contributed by atoms with Crippen molar-refractivity contribution in [1.29, 1.82) is 5.41 Å². The van der Waals surface area contributed by atoms with Gasteiger partial charge in [0, 0.05) is 19.3 Å². The van der Waals surface area contributed by atoms with Gasteiger partial charge in [-0.3, -0.25) is 19.1 Å². The number of amides is 1. The van der Waals surface area contributed by atoms with E-state index >= 15 is 0 Å². The maximum absolute atomic E-state index is 13.5. The maximum atomic E-state index is 13.5. The van der Waals surface area contributed by atoms with Gasteiger partial charge < -0.3 is 16.0 Å². The van der Waals surface area contributed by atoms with Crippen molar-refractivity contribution in [3.05, 3.63) is 69.7 Å². The fourth-order valence-electron chi connectivity index (χ4n) is 3.69. The standard InChI is InChI=1S/C23H23ClN6O2/c1-14(27-20(26)16(13-25)22(31)29-11-6-12-29)21-28-18-10-5-9-17(24)19(18)23(32)30(21)15-7-3-2-4-8-15/h2-5,7-10,13-14,16,25H,6,11-12H2,1H3,(H2,26,27). The van der Waals surface area contributed by atoms with Crippen LogP contribution >= 0.6 is 11.6 Å². The minimum Gasteiger partial charge on any atom is -0.386 e. The molecule has 32 heavy (non-hydrogen) atoms. The highest BCUT2D eigenvalue weighted by atomic mass is 35.5. The van der Waals surface area contributed by atoms with Gasteiger partial charge >= 0.3 is 0 Å². The highest BCUT2D eigenvalue weighted by Gasteiger charge is 2.30. The molecule has 1 aromatic heterocycles. The van der Waals surface area contributed by atoms with Gasteiger partial charge in [0.25, 0.3) is 5.56 Å². The van der Waals surface area contributed by atoms with Gasteiger partial charge in [-0.1, -0.05) is 35.9 Å². The molecule has 0 saturated carbocycles. The molecule has 1 amide bonds. The number of rotatable bonds is 6. The van der Waals surface area contributed by atoms with E-state index in [0.29, 0.717) is 40.5 Å². The summed E-state index contributed by atoms with van der Waals surface area (Å²) in [4.78, 5) is 36.9. The van der Waals surface area contributed by atoms with Crippen molar-refractivity contribution in [3.63, 3.8) is 0 Å². The Bertz CT molecular complexity index is 1270. The van der Waals surface area contributed by atoms with E-state index in [1.165, 1.54) is 4.57 Å². The third-order valence-electron chi connectivity index (χ3n) is 5.52. The highest BCUT2D eigenvalue weighted by Crippen LogP contribution is 2.24. The number of hydrogen-bond acceptors (Lipinski definition) is 5. The largest absolute Gasteiger partial charge is 0.386 e. The van der Waals surface area contributed by atoms with E-state index in [2.05, 4.69) is 9.98 Å². The van der Waals surface area contributed by atoms with Crippen molar-refractivity contribution in [1.82, 2.24) is 14.5 Å². The number of fused-ring (bicyclic) bond motifs is 1. The number of nitrogens with zero attached hydrogens (tertiary/aromatic N) is 4. The van der Waals surface area contributed by atoms with E-state index < -0.39 is 12.0 Å². The molecule has 0 spiro atoms. The number of benzene rings is 2. The Morgan fingerprint density at radius 2 is 1.94 bits per heavy atom. The lowest BCUT2D eigenvalue weighted by Gasteiger charge is -2.33. The molecule has 1 aliphatic heterocycles. The molecule has 9 heteroatoms. The van der Waals surface area contributed by atoms with Crippen molar-refractivity contribution in [2.24, 2.45) is 16.6 Å². The van der Waals surface area contributed by atoms with Crippen LogP contribution in [0.15, 0.2) is 58.3 Å². The average molecular weight is 451 g/mol. The lowest BCUT2D eigenvalue weighted by Crippen LogP contribution is -2.49. The van der Waals surface area contributed by atoms with Crippen LogP contribution in [0.2, 0.25) is 5.02 Å². The van der Waals surface area contributed by atoms with Gasteiger partial charge in [0.05, 0.1) is 21.6 Å². The van der Waals surface area contributed by atoms with Crippen molar-refractivity contribution >= 4 is 40.5 Å². The molecular weight excluding hydrogens is 428 g/mol. The number of carbonyl (C=O) groups excluding carboxylic acids is 1. The van der Waals surface area contributed by atoms with Gasteiger partial charge in [-0.15, -0.1) is 0 Å². The molecule has 2 unspecified atom stereocenters. The Morgan fingerprint density at radius 3 is 2.56 bits per heavy atom. The molecule has 3 aromatic rings. The average Bonchev–Trinajstić information content (AvgIpc) is 2.73. The minimum absolute atomic E-state index is 0.0180. The van der Waals surface area contributed by atoms with E-state index in [1.54, 1.807) is 42.2 Å². The Balaban J connectivity index is 1.84. The first-order valence-electron chi connectivity index (χ1n) is 10.3. The predicted molar refractivity (Wildman–Crippen MR) is 126 cm³/mol. The second-order valence-corrected chi connectivity index (χ2v) is 8.04. The van der Waals surface area contributed by atoms with E-state index in [-0.39, 0.29) is 17.3 Å². The van der Waals surface area contributed by atoms with Crippen LogP contribution < -0.4 is 11.3 Å². The predicted octanol–water partition coefficient (Wildman–Crippen LogP) is 2.96. The van der Waals surface area contributed by atoms with Crippen LogP contribution in [-0.2, 0) is 4.79 Å². The molecule has 0 aliphatic carbocycles. The van der Waals surface area contributed by atoms with Crippen molar-refractivity contribution in [3.8, 4) is 5.69 Å². The number of para-hydroxylation sites is 1. The summed E-state index contributed by atoms with van der Waals surface area (Å²) in [6, 6.07) is 13.5. The van der Waals surface area contributed by atoms with Crippen LogP contribution in [0, 0.1) is 11.3 Å². The maximum Gasteiger partial charge on any atom is 0.267 e. The lowest BCUT2D eigenvalue weighted by atomic mass is 10.1. The molecule has 0 bridgehead atoms. The number of amidine groups is 1. The summed E-state index contributed by atoms with van der Waals surface area (Å²) in [5.41, 5.74) is 6.91. The molecule has 3 N–H and O–H groups in total. The number of nitrogens with one attached hydrogen (secondary N) is 1. The number of halogens is 1. The number of nitrogens with two attached hydrogens (primary N) is 1. The second kappa shape index (κ2) is 8.92. The van der Waals surface area contributed by atoms with E-state index in [0.717, 1.165) is 12.6 Å². The minimum atomic E-state index is -0.940. The van der Waals surface area contributed by atoms with Crippen LogP contribution in [0.25, 0.3) is 16.6 Å². The van der Waals surface area contributed by atoms with E-state index in [4.69, 9.17) is 22.7 Å². The number of carbonyl (C=O) groups is 1. The third kappa shape index (κ3) is 3.89. The molecular formula is C23H23ClN6O2. The van der Waals surface area contributed by atoms with Crippen molar-refractivity contribution < 1.29 is 4.79 Å². The zero-order chi connectivity index (χ0) is 22.8. The summed E-state index contributed by atoms with van der Waals surface area (Å²) < 4.78 is 1.46. The molecule has 164 valence electrons. The normalized spacial score (nSPS) is 15.8. The summed E-state index contributed by atoms with van der Waals surface area (Å²) in [6.45, 7) is 3.07. The summed E-state index contributed by atoms with van der Waals surface area (Å²) in [6.07, 6.45) is 1.95. The molecule has 1 aliphatic rings. The molecule has 8 nitrogen and oxygen atoms in total. The molecule has 0 radical (unpaired) electrons. The van der Waals surface area contributed by atoms with Gasteiger partial charge in [-0.25, -0.2) is 4.98 Å². The number of hydrogen-bond donors (Lipinski definition) is 2. The van der Waals surface area contributed by atoms with Crippen LogP contribution in [0.4, 0.5) is 0 Å². The van der Waals surface area contributed by atoms with Gasteiger partial charge in [-0.05, 0) is 37.6 Å². The molecule has 2 atom stereocenters. The SMILES string of the molecule is CC(N=C(N)C(C=N)C(=O)N1CCC1)c1nc2cccc(Cl)c2c(=O)n1-c1ccccc1. The number of aromatic nitrogens is 2. The fraction of sp³-hybridized carbons (Fsp3) is 0.261. The van der Waals surface area contributed by atoms with Gasteiger partial charge in [0.1, 0.15) is 23.6 Å². The smallest absolute Gasteiger partial charge is 0.267 e. The van der Waals surface area contributed by atoms with Gasteiger partial charge in [0.2, 0.25) is 5.91 Å². The number of aliphatic imine (C=N–C) groups is 1. The highest BCUT2D eigenvalue weighted by molar-refractivity contribution is 6.35. The Kier molecular flexibility index (Phi) is 6.05. The first kappa shape index (κ1) is 21.7. The Labute approximate surface area is 189 Å². The van der Waals surface area contributed by atoms with E-state index in [9.17, 15) is 9.59 Å². The molecule has 1 fully saturated rings. The van der Waals surface area contributed by atoms with E-state index in [1.807, 2.05) is 18.2 Å². The lowest BCUT2D eigenvalue weighted by molar-refractivity contribution is -0.134. The van der Waals surface area contributed by atoms with Crippen LogP contribution in [-0.4, -0.2) is 45.5 Å². The Hall–Kier alpha value is -3.52. The zero-order valence-electron chi connectivity index (χ0n) is 17.5. The van der Waals surface area contributed by atoms with Crippen LogP contribution in [0.1, 0.15) is 25.2 Å². The first-order valence-corrected chi connectivity index (χ1v) is 10.7. The summed E-state index contributed by atoms with van der Waals surface area (Å²) in [5, 5.41) is 8.32. The summed E-state index contributed by atoms with van der Waals surface area (Å²) in [5.74, 6) is -0.800.